The van der Waals surface area contributed by atoms with Crippen molar-refractivity contribution in [3.63, 3.8) is 0 Å². The Morgan fingerprint density at radius 1 is 1.17 bits per heavy atom. The molecule has 1 amide bonds. The number of amides is 1. The highest BCUT2D eigenvalue weighted by molar-refractivity contribution is 5.90. The Bertz CT molecular complexity index is 681. The molecule has 0 atom stereocenters. The molecule has 23 heavy (non-hydrogen) atoms. The van der Waals surface area contributed by atoms with E-state index in [0.717, 1.165) is 49.5 Å². The minimum atomic E-state index is 0.252. The molecule has 1 fully saturated rings. The van der Waals surface area contributed by atoms with E-state index in [-0.39, 0.29) is 5.91 Å². The molecule has 0 radical (unpaired) electrons. The van der Waals surface area contributed by atoms with E-state index in [1.54, 1.807) is 0 Å². The third kappa shape index (κ3) is 3.58. The van der Waals surface area contributed by atoms with Crippen molar-refractivity contribution in [3.05, 3.63) is 35.5 Å². The predicted molar refractivity (Wildman–Crippen MR) is 94.6 cm³/mol. The SMILES string of the molecule is Cc1[nH]c2ccccc2c1CC(=O)N1CCN(CC(C)C)CC1. The van der Waals surface area contributed by atoms with Crippen molar-refractivity contribution in [1.29, 1.82) is 0 Å². The Balaban J connectivity index is 1.64. The number of aromatic amines is 1. The molecule has 124 valence electrons. The molecule has 1 aliphatic rings. The lowest BCUT2D eigenvalue weighted by atomic mass is 10.1. The summed E-state index contributed by atoms with van der Waals surface area (Å²) in [7, 11) is 0. The summed E-state index contributed by atoms with van der Waals surface area (Å²) in [5.41, 5.74) is 3.38. The molecule has 0 aliphatic carbocycles. The second kappa shape index (κ2) is 6.75. The zero-order valence-electron chi connectivity index (χ0n) is 14.4. The van der Waals surface area contributed by atoms with Crippen molar-refractivity contribution in [2.24, 2.45) is 5.92 Å². The number of nitrogens with zero attached hydrogens (tertiary/aromatic N) is 2. The fraction of sp³-hybridized carbons (Fsp3) is 0.526. The monoisotopic (exact) mass is 313 g/mol. The molecule has 1 saturated heterocycles. The van der Waals surface area contributed by atoms with Crippen LogP contribution >= 0.6 is 0 Å². The van der Waals surface area contributed by atoms with E-state index in [4.69, 9.17) is 0 Å². The van der Waals surface area contributed by atoms with Gasteiger partial charge in [0.2, 0.25) is 5.91 Å². The van der Waals surface area contributed by atoms with Crippen LogP contribution < -0.4 is 0 Å². The topological polar surface area (TPSA) is 39.3 Å². The van der Waals surface area contributed by atoms with Gasteiger partial charge in [-0.25, -0.2) is 0 Å². The van der Waals surface area contributed by atoms with Crippen molar-refractivity contribution in [2.45, 2.75) is 27.2 Å². The van der Waals surface area contributed by atoms with E-state index in [2.05, 4.69) is 42.8 Å². The maximum atomic E-state index is 12.7. The van der Waals surface area contributed by atoms with Gasteiger partial charge in [-0.05, 0) is 24.5 Å². The number of aryl methyl sites for hydroxylation is 1. The number of rotatable bonds is 4. The summed E-state index contributed by atoms with van der Waals surface area (Å²) in [5.74, 6) is 0.938. The number of hydrogen-bond donors (Lipinski definition) is 1. The molecule has 4 heteroatoms. The average molecular weight is 313 g/mol. The zero-order chi connectivity index (χ0) is 16.4. The van der Waals surface area contributed by atoms with Crippen LogP contribution in [0.4, 0.5) is 0 Å². The fourth-order valence-electron chi connectivity index (χ4n) is 3.52. The van der Waals surface area contributed by atoms with Crippen LogP contribution in [-0.4, -0.2) is 53.4 Å². The molecule has 4 nitrogen and oxygen atoms in total. The molecule has 0 spiro atoms. The van der Waals surface area contributed by atoms with E-state index in [0.29, 0.717) is 12.3 Å². The van der Waals surface area contributed by atoms with Gasteiger partial charge in [0.15, 0.2) is 0 Å². The summed E-state index contributed by atoms with van der Waals surface area (Å²) >= 11 is 0. The maximum Gasteiger partial charge on any atom is 0.227 e. The molecule has 1 aromatic carbocycles. The number of benzene rings is 1. The summed E-state index contributed by atoms with van der Waals surface area (Å²) in [6.45, 7) is 11.4. The first-order valence-corrected chi connectivity index (χ1v) is 8.61. The summed E-state index contributed by atoms with van der Waals surface area (Å²) in [6.07, 6.45) is 0.500. The Labute approximate surface area is 138 Å². The van der Waals surface area contributed by atoms with Crippen LogP contribution in [0.15, 0.2) is 24.3 Å². The number of para-hydroxylation sites is 1. The number of fused-ring (bicyclic) bond motifs is 1. The summed E-state index contributed by atoms with van der Waals surface area (Å²) in [6, 6.07) is 8.23. The van der Waals surface area contributed by atoms with Gasteiger partial charge in [0.1, 0.15) is 0 Å². The van der Waals surface area contributed by atoms with Gasteiger partial charge >= 0.3 is 0 Å². The number of nitrogens with one attached hydrogen (secondary N) is 1. The highest BCUT2D eigenvalue weighted by Gasteiger charge is 2.22. The number of carbonyl (C=O) groups is 1. The highest BCUT2D eigenvalue weighted by Crippen LogP contribution is 2.23. The third-order valence-electron chi connectivity index (χ3n) is 4.70. The van der Waals surface area contributed by atoms with Crippen LogP contribution in [0.1, 0.15) is 25.1 Å². The van der Waals surface area contributed by atoms with Crippen molar-refractivity contribution in [3.8, 4) is 0 Å². The Hall–Kier alpha value is -1.81. The van der Waals surface area contributed by atoms with Crippen molar-refractivity contribution in [2.75, 3.05) is 32.7 Å². The second-order valence-electron chi connectivity index (χ2n) is 7.03. The summed E-state index contributed by atoms with van der Waals surface area (Å²) in [4.78, 5) is 20.6. The zero-order valence-corrected chi connectivity index (χ0v) is 14.4. The molecule has 0 bridgehead atoms. The van der Waals surface area contributed by atoms with Gasteiger partial charge in [-0.2, -0.15) is 0 Å². The van der Waals surface area contributed by atoms with Gasteiger partial charge < -0.3 is 9.88 Å². The molecule has 1 aromatic heterocycles. The average Bonchev–Trinajstić information content (AvgIpc) is 2.83. The van der Waals surface area contributed by atoms with Crippen molar-refractivity contribution >= 4 is 16.8 Å². The van der Waals surface area contributed by atoms with Gasteiger partial charge in [-0.15, -0.1) is 0 Å². The van der Waals surface area contributed by atoms with Crippen LogP contribution in [0.25, 0.3) is 10.9 Å². The lowest BCUT2D eigenvalue weighted by Crippen LogP contribution is -2.49. The molecule has 0 saturated carbocycles. The first-order chi connectivity index (χ1) is 11.0. The number of carbonyl (C=O) groups excluding carboxylic acids is 1. The van der Waals surface area contributed by atoms with E-state index < -0.39 is 0 Å². The quantitative estimate of drug-likeness (QED) is 0.943. The first-order valence-electron chi connectivity index (χ1n) is 8.61. The molecule has 3 rings (SSSR count). The normalized spacial score (nSPS) is 16.4. The standard InChI is InChI=1S/C19H27N3O/c1-14(2)13-21-8-10-22(11-9-21)19(23)12-17-15(3)20-18-7-5-4-6-16(17)18/h4-7,14,20H,8-13H2,1-3H3. The van der Waals surface area contributed by atoms with Crippen LogP contribution in [0, 0.1) is 12.8 Å². The number of hydrogen-bond acceptors (Lipinski definition) is 2. The van der Waals surface area contributed by atoms with Crippen LogP contribution in [-0.2, 0) is 11.2 Å². The lowest BCUT2D eigenvalue weighted by Gasteiger charge is -2.35. The van der Waals surface area contributed by atoms with Crippen molar-refractivity contribution < 1.29 is 4.79 Å². The van der Waals surface area contributed by atoms with E-state index in [1.165, 1.54) is 5.39 Å². The van der Waals surface area contributed by atoms with Crippen LogP contribution in [0.5, 0.6) is 0 Å². The first kappa shape index (κ1) is 16.1. The van der Waals surface area contributed by atoms with E-state index in [9.17, 15) is 4.79 Å². The number of piperazine rings is 1. The van der Waals surface area contributed by atoms with Crippen molar-refractivity contribution in [1.82, 2.24) is 14.8 Å². The van der Waals surface area contributed by atoms with E-state index in [1.807, 2.05) is 17.0 Å². The molecular formula is C19H27N3O. The van der Waals surface area contributed by atoms with Crippen LogP contribution in [0.3, 0.4) is 0 Å². The lowest BCUT2D eigenvalue weighted by molar-refractivity contribution is -0.132. The number of aromatic nitrogens is 1. The molecule has 2 heterocycles. The maximum absolute atomic E-state index is 12.7. The van der Waals surface area contributed by atoms with E-state index >= 15 is 0 Å². The largest absolute Gasteiger partial charge is 0.358 e. The minimum absolute atomic E-state index is 0.252. The molecular weight excluding hydrogens is 286 g/mol. The van der Waals surface area contributed by atoms with Gasteiger partial charge in [-0.1, -0.05) is 32.0 Å². The fourth-order valence-corrected chi connectivity index (χ4v) is 3.52. The molecule has 0 unspecified atom stereocenters. The van der Waals surface area contributed by atoms with Gasteiger partial charge in [-0.3, -0.25) is 9.69 Å². The van der Waals surface area contributed by atoms with Crippen LogP contribution in [0.2, 0.25) is 0 Å². The van der Waals surface area contributed by atoms with Gasteiger partial charge in [0.25, 0.3) is 0 Å². The smallest absolute Gasteiger partial charge is 0.227 e. The highest BCUT2D eigenvalue weighted by atomic mass is 16.2. The summed E-state index contributed by atoms with van der Waals surface area (Å²) < 4.78 is 0. The van der Waals surface area contributed by atoms with Gasteiger partial charge in [0, 0.05) is 49.3 Å². The van der Waals surface area contributed by atoms with Gasteiger partial charge in [0.05, 0.1) is 6.42 Å². The molecule has 1 N–H and O–H groups in total. The number of H-pyrrole nitrogens is 1. The Morgan fingerprint density at radius 3 is 2.57 bits per heavy atom. The minimum Gasteiger partial charge on any atom is -0.358 e. The third-order valence-corrected chi connectivity index (χ3v) is 4.70. The second-order valence-corrected chi connectivity index (χ2v) is 7.03. The Morgan fingerprint density at radius 2 is 1.87 bits per heavy atom. The molecule has 1 aliphatic heterocycles. The predicted octanol–water partition coefficient (Wildman–Crippen LogP) is 2.82. The molecule has 2 aromatic rings. The Kier molecular flexibility index (Phi) is 4.71. The summed E-state index contributed by atoms with van der Waals surface area (Å²) in [5, 5.41) is 1.18.